The largest absolute Gasteiger partial charge is 0.481 e. The van der Waals surface area contributed by atoms with Crippen LogP contribution in [0.2, 0.25) is 0 Å². The highest BCUT2D eigenvalue weighted by atomic mass is 32.1. The lowest BCUT2D eigenvalue weighted by Crippen LogP contribution is -2.64. The predicted octanol–water partition coefficient (Wildman–Crippen LogP) is 8.01. The molecule has 57 heavy (non-hydrogen) atoms. The number of rotatable bonds is 9. The quantitative estimate of drug-likeness (QED) is 0.0503. The van der Waals surface area contributed by atoms with Crippen molar-refractivity contribution in [1.29, 1.82) is 0 Å². The third-order valence-corrected chi connectivity index (χ3v) is 14.6. The first-order valence-corrected chi connectivity index (χ1v) is 21.0. The number of hydrogen-bond acceptors (Lipinski definition) is 10. The van der Waals surface area contributed by atoms with Gasteiger partial charge in [0.1, 0.15) is 18.9 Å². The van der Waals surface area contributed by atoms with Crippen LogP contribution >= 0.6 is 12.6 Å². The van der Waals surface area contributed by atoms with Gasteiger partial charge in [-0.15, -0.1) is 6.58 Å². The monoisotopic (exact) mass is 826 g/mol. The number of hydrogen-bond donors (Lipinski definition) is 5. The number of carboxylic acid groups (broad SMARTS) is 1. The predicted molar refractivity (Wildman–Crippen MR) is 230 cm³/mol. The van der Waals surface area contributed by atoms with Crippen LogP contribution in [0.3, 0.4) is 0 Å². The molecular formula is C45H79NO10S. The zero-order valence-electron chi connectivity index (χ0n) is 36.1. The molecule has 0 aromatic carbocycles. The molecule has 4 fully saturated rings. The molecule has 0 bridgehead atoms. The van der Waals surface area contributed by atoms with Crippen molar-refractivity contribution in [2.75, 3.05) is 33.6 Å². The van der Waals surface area contributed by atoms with Crippen LogP contribution in [-0.2, 0) is 33.4 Å². The maximum absolute atomic E-state index is 14.0. The minimum absolute atomic E-state index is 0. The van der Waals surface area contributed by atoms with Gasteiger partial charge in [-0.2, -0.15) is 12.6 Å². The van der Waals surface area contributed by atoms with Crippen LogP contribution < -0.4 is 5.32 Å². The van der Waals surface area contributed by atoms with E-state index in [9.17, 15) is 24.0 Å². The van der Waals surface area contributed by atoms with Crippen molar-refractivity contribution in [2.24, 2.45) is 50.7 Å². The number of aliphatic carboxylic acids is 1. The van der Waals surface area contributed by atoms with Crippen LogP contribution in [0.1, 0.15) is 139 Å². The summed E-state index contributed by atoms with van der Waals surface area (Å²) in [7, 11) is 3.36. The Labute approximate surface area is 350 Å². The van der Waals surface area contributed by atoms with Crippen LogP contribution in [0, 0.1) is 50.7 Å². The van der Waals surface area contributed by atoms with Gasteiger partial charge >= 0.3 is 17.9 Å². The van der Waals surface area contributed by atoms with Crippen molar-refractivity contribution in [2.45, 2.75) is 145 Å². The molecule has 5 aliphatic rings. The first-order valence-electron chi connectivity index (χ1n) is 20.3. The number of unbranched alkanes of at least 4 members (excludes halogenated alkanes) is 1. The van der Waals surface area contributed by atoms with E-state index >= 15 is 0 Å². The van der Waals surface area contributed by atoms with E-state index < -0.39 is 17.4 Å². The molecule has 9 atom stereocenters. The van der Waals surface area contributed by atoms with Gasteiger partial charge in [-0.1, -0.05) is 66.7 Å². The van der Waals surface area contributed by atoms with Gasteiger partial charge in [0.25, 0.3) is 0 Å². The summed E-state index contributed by atoms with van der Waals surface area (Å²) in [6.45, 7) is 19.8. The highest BCUT2D eigenvalue weighted by Crippen LogP contribution is 2.75. The first kappa shape index (κ1) is 54.3. The topological polar surface area (TPSA) is 177 Å². The summed E-state index contributed by atoms with van der Waals surface area (Å²) in [6.07, 6.45) is 16.4. The lowest BCUT2D eigenvalue weighted by molar-refractivity contribution is -0.192. The first-order chi connectivity index (χ1) is 26.4. The van der Waals surface area contributed by atoms with Gasteiger partial charge in [-0.25, -0.2) is 0 Å². The Morgan fingerprint density at radius 2 is 1.54 bits per heavy atom. The van der Waals surface area contributed by atoms with Gasteiger partial charge in [0.05, 0.1) is 18.3 Å². The Morgan fingerprint density at radius 1 is 0.965 bits per heavy atom. The summed E-state index contributed by atoms with van der Waals surface area (Å²) in [5.74, 6) is 0.0183. The number of amides is 1. The lowest BCUT2D eigenvalue weighted by atomic mass is 9.34. The molecular weight excluding hydrogens is 747 g/mol. The summed E-state index contributed by atoms with van der Waals surface area (Å²) in [5.41, 5.74) is 1.50. The minimum atomic E-state index is -0.881. The Balaban J connectivity index is 0.00000215. The molecule has 4 N–H and O–H groups in total. The number of carbonyl (C=O) groups excluding carboxylic acids is 4. The molecule has 0 aromatic rings. The summed E-state index contributed by atoms with van der Waals surface area (Å²) in [4.78, 5) is 58.5. The fraction of sp³-hybridized carbons (Fsp3) is 0.800. The molecule has 330 valence electrons. The lowest BCUT2D eigenvalue weighted by Gasteiger charge is -2.70. The zero-order valence-corrected chi connectivity index (χ0v) is 37.0. The summed E-state index contributed by atoms with van der Waals surface area (Å²) >= 11 is 3.42. The number of nitrogens with one attached hydrogen (secondary N) is 1. The van der Waals surface area contributed by atoms with E-state index in [-0.39, 0.29) is 65.3 Å². The number of aldehydes is 1. The SMILES string of the molecule is C.C=CC.CO.CO.COC(=O)CNC(=O)C12CCC(C)(C)CC1C1=CCC3C4(C)CCC(OC(=O)CCCC=O)C(C)C4CCC3(C)[C@]1(C)CC2.O=C(O)CS. The van der Waals surface area contributed by atoms with Crippen LogP contribution in [0.4, 0.5) is 0 Å². The number of methoxy groups -OCH3 is 1. The standard InChI is InChI=1S/C37H57NO6.C3H6.C2H4O2S.2CH4O.CH4/c1-24-25-13-16-36(6)29(34(25,4)15-14-28(24)44-30(40)10-8-9-21-39)12-11-26-27-22-33(2,3)17-19-37(27,20-18-35(26,36)5)32(42)38-23-31(41)43-7;1-3-2;3-2(4)1-5;2*1-2;/h11,21,24-25,27-29H,8-10,12-20,22-23H2,1-7H3,(H,38,42);3H,1H2,2H3;5H,1H2,(H,3,4);2*2H,1H3;1H4/t24?,25?,27?,28?,29?,34?,35-,36?,37?;;;;;/m1...../s1. The maximum Gasteiger partial charge on any atom is 0.325 e. The molecule has 5 aliphatic carbocycles. The van der Waals surface area contributed by atoms with Crippen molar-refractivity contribution in [3.8, 4) is 0 Å². The maximum atomic E-state index is 14.0. The fourth-order valence-corrected chi connectivity index (χ4v) is 11.4. The smallest absolute Gasteiger partial charge is 0.325 e. The molecule has 0 saturated heterocycles. The number of thiol groups is 1. The second-order valence-electron chi connectivity index (χ2n) is 17.6. The van der Waals surface area contributed by atoms with E-state index in [2.05, 4.69) is 72.1 Å². The van der Waals surface area contributed by atoms with Gasteiger partial charge in [0, 0.05) is 27.1 Å². The second kappa shape index (κ2) is 23.8. The highest BCUT2D eigenvalue weighted by molar-refractivity contribution is 7.81. The van der Waals surface area contributed by atoms with Gasteiger partial charge in [-0.05, 0) is 123 Å². The average molecular weight is 826 g/mol. The van der Waals surface area contributed by atoms with Gasteiger partial charge in [0.2, 0.25) is 5.91 Å². The number of esters is 2. The van der Waals surface area contributed by atoms with Crippen molar-refractivity contribution in [3.05, 3.63) is 24.3 Å². The van der Waals surface area contributed by atoms with Crippen LogP contribution in [0.5, 0.6) is 0 Å². The molecule has 4 saturated carbocycles. The van der Waals surface area contributed by atoms with Crippen molar-refractivity contribution in [1.82, 2.24) is 5.32 Å². The van der Waals surface area contributed by atoms with Crippen LogP contribution in [0.25, 0.3) is 0 Å². The summed E-state index contributed by atoms with van der Waals surface area (Å²) in [6, 6.07) is 0. The van der Waals surface area contributed by atoms with Gasteiger partial charge < -0.3 is 34.9 Å². The van der Waals surface area contributed by atoms with E-state index in [0.717, 1.165) is 84.7 Å². The number of carbonyl (C=O) groups is 5. The molecule has 0 radical (unpaired) electrons. The Hall–Kier alpha value is -2.70. The molecule has 0 spiro atoms. The summed E-state index contributed by atoms with van der Waals surface area (Å²) in [5, 5.41) is 24.6. The average Bonchev–Trinajstić information content (AvgIpc) is 3.17. The Morgan fingerprint density at radius 3 is 2.09 bits per heavy atom. The number of ether oxygens (including phenoxy) is 2. The second-order valence-corrected chi connectivity index (χ2v) is 17.9. The summed E-state index contributed by atoms with van der Waals surface area (Å²) < 4.78 is 10.9. The molecule has 12 heteroatoms. The number of carboxylic acids is 1. The van der Waals surface area contributed by atoms with E-state index in [1.807, 2.05) is 6.92 Å². The number of aliphatic hydroxyl groups excluding tert-OH is 2. The molecule has 0 heterocycles. The van der Waals surface area contributed by atoms with E-state index in [1.54, 1.807) is 6.08 Å². The fourth-order valence-electron chi connectivity index (χ4n) is 11.4. The molecule has 0 aliphatic heterocycles. The third-order valence-electron chi connectivity index (χ3n) is 14.4. The number of aliphatic hydroxyl groups is 2. The van der Waals surface area contributed by atoms with Crippen LogP contribution in [0.15, 0.2) is 24.3 Å². The normalized spacial score (nSPS) is 33.7. The van der Waals surface area contributed by atoms with Crippen molar-refractivity contribution >= 4 is 42.7 Å². The molecule has 1 amide bonds. The molecule has 8 unspecified atom stereocenters. The third kappa shape index (κ3) is 12.0. The van der Waals surface area contributed by atoms with E-state index in [4.69, 9.17) is 24.8 Å². The Kier molecular flexibility index (Phi) is 22.7. The van der Waals surface area contributed by atoms with Gasteiger partial charge in [-0.3, -0.25) is 19.2 Å². The van der Waals surface area contributed by atoms with Crippen LogP contribution in [-0.4, -0.2) is 85.2 Å². The van der Waals surface area contributed by atoms with Crippen molar-refractivity contribution < 1.29 is 48.8 Å². The minimum Gasteiger partial charge on any atom is -0.481 e. The van der Waals surface area contributed by atoms with E-state index in [1.165, 1.54) is 12.7 Å². The molecule has 5 rings (SSSR count). The highest BCUT2D eigenvalue weighted by Gasteiger charge is 2.68. The molecule has 0 aromatic heterocycles. The zero-order chi connectivity index (χ0) is 43.1. The van der Waals surface area contributed by atoms with Gasteiger partial charge in [0.15, 0.2) is 0 Å². The molecule has 11 nitrogen and oxygen atoms in total. The number of fused-ring (bicyclic) bond motifs is 7. The van der Waals surface area contributed by atoms with E-state index in [0.29, 0.717) is 37.0 Å². The number of allylic oxidation sites excluding steroid dienone is 3. The van der Waals surface area contributed by atoms with Crippen molar-refractivity contribution in [3.63, 3.8) is 0 Å². The Bertz CT molecular complexity index is 1370.